The Morgan fingerprint density at radius 1 is 1.16 bits per heavy atom. The van der Waals surface area contributed by atoms with Gasteiger partial charge in [0.15, 0.2) is 16.3 Å². The van der Waals surface area contributed by atoms with Crippen LogP contribution in [0, 0.1) is 0 Å². The van der Waals surface area contributed by atoms with E-state index in [-0.39, 0.29) is 23.9 Å². The average molecular weight is 441 g/mol. The zero-order valence-corrected chi connectivity index (χ0v) is 18.3. The van der Waals surface area contributed by atoms with Gasteiger partial charge < -0.3 is 14.4 Å². The van der Waals surface area contributed by atoms with Crippen molar-refractivity contribution in [1.29, 1.82) is 0 Å². The third kappa shape index (κ3) is 4.24. The van der Waals surface area contributed by atoms with Crippen LogP contribution >= 0.6 is 11.8 Å². The molecular weight excluding hydrogens is 416 g/mol. The quantitative estimate of drug-likeness (QED) is 0.428. The Labute approximate surface area is 182 Å². The molecule has 8 nitrogen and oxygen atoms in total. The molecule has 4 aromatic rings. The van der Waals surface area contributed by atoms with Gasteiger partial charge >= 0.3 is 5.69 Å². The molecule has 2 N–H and O–H groups in total. The molecular formula is C22H24N4O4S. The number of hydrogen-bond donors (Lipinski definition) is 2. The Morgan fingerprint density at radius 3 is 2.68 bits per heavy atom. The lowest BCUT2D eigenvalue weighted by atomic mass is 10.1. The molecule has 0 aliphatic carbocycles. The number of nitrogens with one attached hydrogen (secondary N) is 1. The summed E-state index contributed by atoms with van der Waals surface area (Å²) in [5.41, 5.74) is -0.500. The number of thioether (sulfide) groups is 1. The van der Waals surface area contributed by atoms with E-state index in [0.717, 1.165) is 10.8 Å². The van der Waals surface area contributed by atoms with E-state index in [2.05, 4.69) is 9.97 Å². The maximum Gasteiger partial charge on any atom is 0.329 e. The number of nitrogens with zero attached hydrogens (tertiary/aromatic N) is 3. The van der Waals surface area contributed by atoms with E-state index in [4.69, 9.17) is 4.74 Å². The van der Waals surface area contributed by atoms with Crippen molar-refractivity contribution in [2.75, 3.05) is 6.61 Å². The molecule has 0 aliphatic heterocycles. The lowest BCUT2D eigenvalue weighted by molar-refractivity contribution is 0.0921. The van der Waals surface area contributed by atoms with Gasteiger partial charge in [0.05, 0.1) is 6.54 Å². The predicted octanol–water partition coefficient (Wildman–Crippen LogP) is 2.52. The van der Waals surface area contributed by atoms with Crippen molar-refractivity contribution in [2.45, 2.75) is 36.9 Å². The second-order valence-electron chi connectivity index (χ2n) is 7.60. The van der Waals surface area contributed by atoms with E-state index >= 15 is 0 Å². The van der Waals surface area contributed by atoms with Crippen LogP contribution < -0.4 is 16.0 Å². The third-order valence-electron chi connectivity index (χ3n) is 4.89. The number of imidazole rings is 1. The largest absolute Gasteiger partial charge is 0.490 e. The van der Waals surface area contributed by atoms with Crippen molar-refractivity contribution in [1.82, 2.24) is 19.1 Å². The van der Waals surface area contributed by atoms with Crippen LogP contribution in [-0.4, -0.2) is 42.2 Å². The molecule has 1 atom stereocenters. The van der Waals surface area contributed by atoms with Crippen molar-refractivity contribution >= 4 is 33.7 Å². The first-order valence-electron chi connectivity index (χ1n) is 10.00. The lowest BCUT2D eigenvalue weighted by Crippen LogP contribution is -2.30. The Kier molecular flexibility index (Phi) is 5.88. The molecule has 0 saturated carbocycles. The molecule has 2 aromatic carbocycles. The number of aromatic nitrogens is 4. The van der Waals surface area contributed by atoms with Crippen molar-refractivity contribution in [2.24, 2.45) is 7.05 Å². The van der Waals surface area contributed by atoms with Crippen molar-refractivity contribution in [3.05, 3.63) is 63.3 Å². The van der Waals surface area contributed by atoms with Gasteiger partial charge in [0.1, 0.15) is 18.5 Å². The Hall–Kier alpha value is -3.04. The second kappa shape index (κ2) is 8.60. The van der Waals surface area contributed by atoms with Crippen LogP contribution in [-0.2, 0) is 13.6 Å². The molecule has 4 rings (SSSR count). The third-order valence-corrected chi connectivity index (χ3v) is 5.88. The fraction of sp³-hybridized carbons (Fsp3) is 0.318. The highest BCUT2D eigenvalue weighted by Crippen LogP contribution is 2.27. The van der Waals surface area contributed by atoms with Crippen molar-refractivity contribution < 1.29 is 9.84 Å². The first kappa shape index (κ1) is 21.2. The van der Waals surface area contributed by atoms with Crippen LogP contribution in [0.4, 0.5) is 0 Å². The van der Waals surface area contributed by atoms with Gasteiger partial charge in [0.2, 0.25) is 0 Å². The maximum atomic E-state index is 12.5. The molecule has 9 heteroatoms. The minimum atomic E-state index is -0.889. The number of rotatable bonds is 7. The molecule has 2 heterocycles. The lowest BCUT2D eigenvalue weighted by Gasteiger charge is -2.16. The minimum absolute atomic E-state index is 0.0448. The van der Waals surface area contributed by atoms with Crippen LogP contribution in [0.25, 0.3) is 21.9 Å². The topological polar surface area (TPSA) is 102 Å². The number of aromatic amines is 1. The summed E-state index contributed by atoms with van der Waals surface area (Å²) in [4.78, 5) is 31.3. The summed E-state index contributed by atoms with van der Waals surface area (Å²) in [6, 6.07) is 13.6. The van der Waals surface area contributed by atoms with Crippen LogP contribution in [0.3, 0.4) is 0 Å². The van der Waals surface area contributed by atoms with E-state index in [1.165, 1.54) is 16.3 Å². The monoisotopic (exact) mass is 440 g/mol. The summed E-state index contributed by atoms with van der Waals surface area (Å²) in [5.74, 6) is 0.685. The van der Waals surface area contributed by atoms with Crippen LogP contribution in [0.5, 0.6) is 5.75 Å². The van der Waals surface area contributed by atoms with E-state index in [1.54, 1.807) is 11.6 Å². The molecule has 0 unspecified atom stereocenters. The molecule has 0 spiro atoms. The van der Waals surface area contributed by atoms with Gasteiger partial charge in [-0.25, -0.2) is 9.78 Å². The van der Waals surface area contributed by atoms with Gasteiger partial charge in [-0.05, 0) is 11.5 Å². The van der Waals surface area contributed by atoms with Crippen LogP contribution in [0.15, 0.2) is 57.2 Å². The molecule has 162 valence electrons. The number of aliphatic hydroxyl groups is 1. The number of aliphatic hydroxyl groups excluding tert-OH is 1. The fourth-order valence-electron chi connectivity index (χ4n) is 3.46. The van der Waals surface area contributed by atoms with Crippen LogP contribution in [0.1, 0.15) is 13.8 Å². The highest BCUT2D eigenvalue weighted by atomic mass is 32.2. The minimum Gasteiger partial charge on any atom is -0.490 e. The fourth-order valence-corrected chi connectivity index (χ4v) is 4.31. The van der Waals surface area contributed by atoms with Gasteiger partial charge in [-0.3, -0.25) is 14.3 Å². The van der Waals surface area contributed by atoms with E-state index in [1.807, 2.05) is 56.3 Å². The summed E-state index contributed by atoms with van der Waals surface area (Å²) in [7, 11) is 1.56. The molecule has 31 heavy (non-hydrogen) atoms. The molecule has 0 bridgehead atoms. The summed E-state index contributed by atoms with van der Waals surface area (Å²) in [5, 5.41) is 13.5. The first-order valence-corrected chi connectivity index (χ1v) is 10.9. The number of ether oxygens (including phenoxy) is 1. The standard InChI is InChI=1S/C22H24N4O4S/c1-13(2)31-22-23-19-18(20(28)24-21(29)25(19)3)26(22)11-15(27)12-30-17-10-6-8-14-7-4-5-9-16(14)17/h4-10,13,15,27H,11-12H2,1-3H3,(H,24,28,29)/t15-/m0/s1. The van der Waals surface area contributed by atoms with E-state index in [0.29, 0.717) is 16.6 Å². The zero-order chi connectivity index (χ0) is 22.1. The maximum absolute atomic E-state index is 12.5. The summed E-state index contributed by atoms with van der Waals surface area (Å²) < 4.78 is 8.87. The first-order chi connectivity index (χ1) is 14.8. The Bertz CT molecular complexity index is 1350. The van der Waals surface area contributed by atoms with Gasteiger partial charge in [-0.2, -0.15) is 0 Å². The highest BCUT2D eigenvalue weighted by Gasteiger charge is 2.21. The number of H-pyrrole nitrogens is 1. The number of aryl methyl sites for hydroxylation is 1. The van der Waals surface area contributed by atoms with Crippen LogP contribution in [0.2, 0.25) is 0 Å². The molecule has 0 radical (unpaired) electrons. The smallest absolute Gasteiger partial charge is 0.329 e. The Balaban J connectivity index is 1.63. The number of fused-ring (bicyclic) bond motifs is 2. The normalized spacial score (nSPS) is 12.7. The highest BCUT2D eigenvalue weighted by molar-refractivity contribution is 7.99. The SMILES string of the molecule is CC(C)Sc1nc2c(c(=O)[nH]c(=O)n2C)n1C[C@H](O)COc1cccc2ccccc12. The number of hydrogen-bond acceptors (Lipinski definition) is 6. The van der Waals surface area contributed by atoms with Gasteiger partial charge in [0.25, 0.3) is 5.56 Å². The van der Waals surface area contributed by atoms with Gasteiger partial charge in [0, 0.05) is 17.7 Å². The molecule has 2 aromatic heterocycles. The summed E-state index contributed by atoms with van der Waals surface area (Å²) in [6.07, 6.45) is -0.889. The molecule has 0 amide bonds. The number of benzene rings is 2. The molecule has 0 fully saturated rings. The summed E-state index contributed by atoms with van der Waals surface area (Å²) in [6.45, 7) is 4.18. The van der Waals surface area contributed by atoms with E-state index in [9.17, 15) is 14.7 Å². The average Bonchev–Trinajstić information content (AvgIpc) is 3.08. The van der Waals surface area contributed by atoms with E-state index < -0.39 is 17.4 Å². The van der Waals surface area contributed by atoms with Crippen molar-refractivity contribution in [3.8, 4) is 5.75 Å². The molecule has 0 saturated heterocycles. The zero-order valence-electron chi connectivity index (χ0n) is 17.5. The van der Waals surface area contributed by atoms with Crippen molar-refractivity contribution in [3.63, 3.8) is 0 Å². The second-order valence-corrected chi connectivity index (χ2v) is 9.15. The van der Waals surface area contributed by atoms with Gasteiger partial charge in [-0.1, -0.05) is 62.0 Å². The van der Waals surface area contributed by atoms with Gasteiger partial charge in [-0.15, -0.1) is 0 Å². The predicted molar refractivity (Wildman–Crippen MR) is 122 cm³/mol. The summed E-state index contributed by atoms with van der Waals surface area (Å²) >= 11 is 1.46. The molecule has 0 aliphatic rings. The Morgan fingerprint density at radius 2 is 1.90 bits per heavy atom.